The molecule has 0 radical (unpaired) electrons. The number of ether oxygens (including phenoxy) is 1. The van der Waals surface area contributed by atoms with E-state index in [1.54, 1.807) is 23.1 Å². The molecule has 0 spiro atoms. The fourth-order valence-corrected chi connectivity index (χ4v) is 6.00. The zero-order valence-electron chi connectivity index (χ0n) is 15.6. The second-order valence-electron chi connectivity index (χ2n) is 7.62. The molecule has 3 aliphatic rings. The van der Waals surface area contributed by atoms with Gasteiger partial charge in [0.25, 0.3) is 5.91 Å². The molecule has 0 bridgehead atoms. The molecule has 1 saturated carbocycles. The fraction of sp³-hybridized carbons (Fsp3) is 0.550. The number of hydrogen-bond acceptors (Lipinski definition) is 5. The Hall–Kier alpha value is -1.86. The maximum Gasteiger partial charge on any atom is 0.268 e. The van der Waals surface area contributed by atoms with Crippen LogP contribution in [0.4, 0.5) is 0 Å². The Morgan fingerprint density at radius 1 is 1.15 bits per heavy atom. The average Bonchev–Trinajstić information content (AvgIpc) is 2.91. The molecule has 27 heavy (non-hydrogen) atoms. The molecule has 2 aliphatic heterocycles. The van der Waals surface area contributed by atoms with Crippen molar-refractivity contribution >= 4 is 21.4 Å². The van der Waals surface area contributed by atoms with Gasteiger partial charge in [-0.25, -0.2) is 8.42 Å². The monoisotopic (exact) mass is 390 g/mol. The highest BCUT2D eigenvalue weighted by molar-refractivity contribution is 7.97. The number of rotatable bonds is 3. The third kappa shape index (κ3) is 3.27. The Labute approximate surface area is 160 Å². The zero-order valence-corrected chi connectivity index (χ0v) is 16.4. The lowest BCUT2D eigenvalue weighted by Crippen LogP contribution is -2.43. The van der Waals surface area contributed by atoms with Crippen molar-refractivity contribution in [2.45, 2.75) is 43.5 Å². The van der Waals surface area contributed by atoms with Gasteiger partial charge in [-0.05, 0) is 24.8 Å². The van der Waals surface area contributed by atoms with Crippen LogP contribution in [0.2, 0.25) is 0 Å². The standard InChI is InChI=1S/C20H26N2O4S/c1-14-6-2-4-8-16(14)21-18-15-7-3-5-9-17(15)27(24,25)19(18)20(23)22-10-12-26-13-11-22/h3,5,7,9,14,16,21H,2,4,6,8,10-13H2,1H3/t14-,16-/m0/s1. The quantitative estimate of drug-likeness (QED) is 0.856. The first-order chi connectivity index (χ1) is 13.0. The summed E-state index contributed by atoms with van der Waals surface area (Å²) in [4.78, 5) is 14.9. The van der Waals surface area contributed by atoms with Crippen molar-refractivity contribution in [3.05, 3.63) is 34.7 Å². The van der Waals surface area contributed by atoms with Gasteiger partial charge in [0.15, 0.2) is 4.91 Å². The van der Waals surface area contributed by atoms with Gasteiger partial charge in [0.1, 0.15) is 0 Å². The first-order valence-corrected chi connectivity index (χ1v) is 11.2. The fourth-order valence-electron chi connectivity index (χ4n) is 4.27. The lowest BCUT2D eigenvalue weighted by molar-refractivity contribution is -0.130. The molecule has 146 valence electrons. The molecule has 7 heteroatoms. The SMILES string of the molecule is C[C@H]1CCCC[C@@H]1NC1=C(C(=O)N2CCOCC2)S(=O)(=O)c2ccccc21. The topological polar surface area (TPSA) is 75.7 Å². The summed E-state index contributed by atoms with van der Waals surface area (Å²) in [5, 5.41) is 3.47. The van der Waals surface area contributed by atoms with Gasteiger partial charge >= 0.3 is 0 Å². The summed E-state index contributed by atoms with van der Waals surface area (Å²) in [5.74, 6) is 0.0296. The van der Waals surface area contributed by atoms with E-state index >= 15 is 0 Å². The molecule has 1 N–H and O–H groups in total. The van der Waals surface area contributed by atoms with Crippen molar-refractivity contribution in [1.29, 1.82) is 0 Å². The second-order valence-corrected chi connectivity index (χ2v) is 9.48. The number of morpholine rings is 1. The summed E-state index contributed by atoms with van der Waals surface area (Å²) < 4.78 is 31.8. The molecule has 4 rings (SSSR count). The second kappa shape index (κ2) is 7.28. The number of benzene rings is 1. The molecular formula is C20H26N2O4S. The van der Waals surface area contributed by atoms with Crippen molar-refractivity contribution in [3.63, 3.8) is 0 Å². The van der Waals surface area contributed by atoms with Gasteiger partial charge < -0.3 is 15.0 Å². The Kier molecular flexibility index (Phi) is 4.99. The highest BCUT2D eigenvalue weighted by atomic mass is 32.2. The Morgan fingerprint density at radius 3 is 2.59 bits per heavy atom. The predicted octanol–water partition coefficient (Wildman–Crippen LogP) is 2.17. The Bertz CT molecular complexity index is 872. The maximum atomic E-state index is 13.2. The number of nitrogens with one attached hydrogen (secondary N) is 1. The van der Waals surface area contributed by atoms with Gasteiger partial charge in [-0.3, -0.25) is 4.79 Å². The van der Waals surface area contributed by atoms with Crippen LogP contribution >= 0.6 is 0 Å². The highest BCUT2D eigenvalue weighted by Gasteiger charge is 2.42. The average molecular weight is 391 g/mol. The van der Waals surface area contributed by atoms with Crippen LogP contribution in [-0.2, 0) is 19.4 Å². The summed E-state index contributed by atoms with van der Waals surface area (Å²) in [5.41, 5.74) is 1.10. The van der Waals surface area contributed by atoms with Gasteiger partial charge in [0.2, 0.25) is 9.84 Å². The van der Waals surface area contributed by atoms with Gasteiger partial charge in [0, 0.05) is 24.7 Å². The molecule has 2 fully saturated rings. The molecule has 1 aromatic rings. The van der Waals surface area contributed by atoms with E-state index in [0.29, 0.717) is 43.5 Å². The molecule has 1 amide bonds. The molecule has 1 saturated heterocycles. The van der Waals surface area contributed by atoms with E-state index in [2.05, 4.69) is 12.2 Å². The van der Waals surface area contributed by atoms with Gasteiger partial charge in [0.05, 0.1) is 23.8 Å². The van der Waals surface area contributed by atoms with Crippen LogP contribution in [0.3, 0.4) is 0 Å². The molecule has 2 atom stereocenters. The predicted molar refractivity (Wildman–Crippen MR) is 103 cm³/mol. The minimum Gasteiger partial charge on any atom is -0.380 e. The maximum absolute atomic E-state index is 13.2. The smallest absolute Gasteiger partial charge is 0.268 e. The molecule has 0 unspecified atom stereocenters. The van der Waals surface area contributed by atoms with E-state index in [4.69, 9.17) is 4.74 Å². The first kappa shape index (κ1) is 18.5. The van der Waals surface area contributed by atoms with Crippen LogP contribution in [0.5, 0.6) is 0 Å². The van der Waals surface area contributed by atoms with Crippen molar-refractivity contribution in [2.75, 3.05) is 26.3 Å². The van der Waals surface area contributed by atoms with Crippen LogP contribution < -0.4 is 5.32 Å². The Morgan fingerprint density at radius 2 is 1.85 bits per heavy atom. The van der Waals surface area contributed by atoms with Crippen molar-refractivity contribution in [2.24, 2.45) is 5.92 Å². The summed E-state index contributed by atoms with van der Waals surface area (Å²) in [6.45, 7) is 3.90. The Balaban J connectivity index is 1.77. The number of amides is 1. The van der Waals surface area contributed by atoms with Crippen LogP contribution in [0, 0.1) is 5.92 Å². The van der Waals surface area contributed by atoms with E-state index in [1.807, 2.05) is 6.07 Å². The van der Waals surface area contributed by atoms with Crippen molar-refractivity contribution < 1.29 is 17.9 Å². The molecule has 1 aliphatic carbocycles. The first-order valence-electron chi connectivity index (χ1n) is 9.72. The molecule has 0 aromatic heterocycles. The highest BCUT2D eigenvalue weighted by Crippen LogP contribution is 2.40. The lowest BCUT2D eigenvalue weighted by atomic mass is 9.85. The van der Waals surface area contributed by atoms with E-state index < -0.39 is 15.7 Å². The number of fused-ring (bicyclic) bond motifs is 1. The van der Waals surface area contributed by atoms with Gasteiger partial charge in [-0.1, -0.05) is 38.0 Å². The van der Waals surface area contributed by atoms with Crippen LogP contribution in [0.1, 0.15) is 38.2 Å². The normalized spacial score (nSPS) is 27.4. The number of hydrogen-bond donors (Lipinski definition) is 1. The van der Waals surface area contributed by atoms with Crippen molar-refractivity contribution in [3.8, 4) is 0 Å². The molecular weight excluding hydrogens is 364 g/mol. The van der Waals surface area contributed by atoms with E-state index in [1.165, 1.54) is 6.42 Å². The summed E-state index contributed by atoms with van der Waals surface area (Å²) in [7, 11) is -3.83. The summed E-state index contributed by atoms with van der Waals surface area (Å²) in [6.07, 6.45) is 4.43. The zero-order chi connectivity index (χ0) is 19.0. The minimum atomic E-state index is -3.83. The van der Waals surface area contributed by atoms with Crippen LogP contribution in [0.15, 0.2) is 34.1 Å². The molecule has 2 heterocycles. The number of nitrogens with zero attached hydrogens (tertiary/aromatic N) is 1. The lowest BCUT2D eigenvalue weighted by Gasteiger charge is -2.32. The molecule has 1 aromatic carbocycles. The largest absolute Gasteiger partial charge is 0.380 e. The third-order valence-electron chi connectivity index (χ3n) is 5.88. The van der Waals surface area contributed by atoms with Crippen LogP contribution in [0.25, 0.3) is 5.70 Å². The minimum absolute atomic E-state index is 0.0941. The molecule has 6 nitrogen and oxygen atoms in total. The number of carbonyl (C=O) groups excluding carboxylic acids is 1. The summed E-state index contributed by atoms with van der Waals surface area (Å²) in [6, 6.07) is 7.10. The summed E-state index contributed by atoms with van der Waals surface area (Å²) >= 11 is 0. The van der Waals surface area contributed by atoms with Gasteiger partial charge in [-0.2, -0.15) is 0 Å². The van der Waals surface area contributed by atoms with E-state index in [0.717, 1.165) is 19.3 Å². The van der Waals surface area contributed by atoms with Gasteiger partial charge in [-0.15, -0.1) is 0 Å². The van der Waals surface area contributed by atoms with E-state index in [-0.39, 0.29) is 15.8 Å². The van der Waals surface area contributed by atoms with Crippen molar-refractivity contribution in [1.82, 2.24) is 10.2 Å². The number of carbonyl (C=O) groups is 1. The van der Waals surface area contributed by atoms with E-state index in [9.17, 15) is 13.2 Å². The third-order valence-corrected chi connectivity index (χ3v) is 7.73. The van der Waals surface area contributed by atoms with Crippen LogP contribution in [-0.4, -0.2) is 51.6 Å². The number of sulfone groups is 1.